The summed E-state index contributed by atoms with van der Waals surface area (Å²) in [5.74, 6) is 1.21. The second-order valence-electron chi connectivity index (χ2n) is 5.04. The Morgan fingerprint density at radius 2 is 2.12 bits per heavy atom. The molecule has 0 aromatic carbocycles. The fraction of sp³-hybridized carbons (Fsp3) is 0.909. The van der Waals surface area contributed by atoms with Gasteiger partial charge >= 0.3 is 0 Å². The third kappa shape index (κ3) is 2.90. The molecule has 2 N–H and O–H groups in total. The molecule has 2 rings (SSSR count). The van der Waals surface area contributed by atoms with E-state index in [-0.39, 0.29) is 10.7 Å². The molecule has 2 aliphatic rings. The lowest BCUT2D eigenvalue weighted by atomic mass is 10.1. The summed E-state index contributed by atoms with van der Waals surface area (Å²) in [6, 6.07) is 0.323. The number of rotatable bonds is 2. The maximum absolute atomic E-state index is 11.8. The van der Waals surface area contributed by atoms with Crippen LogP contribution in [0.5, 0.6) is 0 Å². The van der Waals surface area contributed by atoms with Crippen molar-refractivity contribution in [2.75, 3.05) is 38.5 Å². The van der Waals surface area contributed by atoms with Gasteiger partial charge in [-0.2, -0.15) is 0 Å². The van der Waals surface area contributed by atoms with Crippen LogP contribution in [-0.4, -0.2) is 60.1 Å². The number of piperazine rings is 1. The predicted molar refractivity (Wildman–Crippen MR) is 67.8 cm³/mol. The average Bonchev–Trinajstić information content (AvgIpc) is 2.26. The van der Waals surface area contributed by atoms with Gasteiger partial charge in [0.25, 0.3) is 0 Å². The molecule has 2 fully saturated rings. The molecule has 0 saturated carbocycles. The second kappa shape index (κ2) is 4.94. The van der Waals surface area contributed by atoms with Gasteiger partial charge in [0, 0.05) is 38.5 Å². The van der Waals surface area contributed by atoms with Crippen LogP contribution in [-0.2, 0) is 4.79 Å². The molecule has 1 atom stereocenters. The van der Waals surface area contributed by atoms with Crippen LogP contribution in [0.15, 0.2) is 0 Å². The monoisotopic (exact) mass is 243 g/mol. The van der Waals surface area contributed by atoms with Gasteiger partial charge < -0.3 is 10.6 Å². The summed E-state index contributed by atoms with van der Waals surface area (Å²) >= 11 is 1.77. The Hall–Kier alpha value is -0.260. The summed E-state index contributed by atoms with van der Waals surface area (Å²) in [5.41, 5.74) is 0. The number of thioether (sulfide) groups is 1. The van der Waals surface area contributed by atoms with Crippen molar-refractivity contribution in [3.8, 4) is 0 Å². The zero-order chi connectivity index (χ0) is 11.6. The SMILES string of the molecule is CC1(C)SCC(CN2CCNCC2)NC1=O. The zero-order valence-electron chi connectivity index (χ0n) is 10.1. The summed E-state index contributed by atoms with van der Waals surface area (Å²) in [7, 11) is 0. The molecule has 1 amide bonds. The van der Waals surface area contributed by atoms with E-state index in [0.717, 1.165) is 38.5 Å². The molecule has 2 heterocycles. The van der Waals surface area contributed by atoms with Gasteiger partial charge in [-0.25, -0.2) is 0 Å². The number of nitrogens with one attached hydrogen (secondary N) is 2. The first kappa shape index (κ1) is 12.2. The molecule has 0 aliphatic carbocycles. The van der Waals surface area contributed by atoms with E-state index in [1.165, 1.54) is 0 Å². The van der Waals surface area contributed by atoms with Crippen molar-refractivity contribution in [3.63, 3.8) is 0 Å². The van der Waals surface area contributed by atoms with Gasteiger partial charge in [-0.3, -0.25) is 9.69 Å². The molecule has 0 aromatic rings. The van der Waals surface area contributed by atoms with E-state index in [1.807, 2.05) is 13.8 Å². The molecule has 0 bridgehead atoms. The molecule has 2 aliphatic heterocycles. The summed E-state index contributed by atoms with van der Waals surface area (Å²) in [5, 5.41) is 6.47. The molecular formula is C11H21N3OS. The van der Waals surface area contributed by atoms with E-state index in [4.69, 9.17) is 0 Å². The Kier molecular flexibility index (Phi) is 3.77. The molecule has 5 heteroatoms. The van der Waals surface area contributed by atoms with Crippen molar-refractivity contribution in [2.45, 2.75) is 24.6 Å². The highest BCUT2D eigenvalue weighted by Gasteiger charge is 2.35. The normalized spacial score (nSPS) is 31.1. The number of hydrogen-bond acceptors (Lipinski definition) is 4. The largest absolute Gasteiger partial charge is 0.350 e. The average molecular weight is 243 g/mol. The Morgan fingerprint density at radius 1 is 1.44 bits per heavy atom. The third-order valence-corrected chi connectivity index (χ3v) is 4.69. The Bertz CT molecular complexity index is 264. The standard InChI is InChI=1S/C11H21N3OS/c1-11(2)10(15)13-9(8-16-11)7-14-5-3-12-4-6-14/h9,12H,3-8H2,1-2H3,(H,13,15). The van der Waals surface area contributed by atoms with E-state index in [0.29, 0.717) is 6.04 Å². The van der Waals surface area contributed by atoms with Crippen LogP contribution in [0.4, 0.5) is 0 Å². The zero-order valence-corrected chi connectivity index (χ0v) is 10.9. The van der Waals surface area contributed by atoms with Gasteiger partial charge in [0.2, 0.25) is 5.91 Å². The highest BCUT2D eigenvalue weighted by Crippen LogP contribution is 2.29. The first-order chi connectivity index (χ1) is 7.58. The first-order valence-electron chi connectivity index (χ1n) is 5.96. The lowest BCUT2D eigenvalue weighted by Gasteiger charge is -2.37. The summed E-state index contributed by atoms with van der Waals surface area (Å²) in [6.07, 6.45) is 0. The summed E-state index contributed by atoms with van der Waals surface area (Å²) in [4.78, 5) is 14.2. The lowest BCUT2D eigenvalue weighted by molar-refractivity contribution is -0.123. The van der Waals surface area contributed by atoms with Gasteiger partial charge in [0.15, 0.2) is 0 Å². The molecule has 0 aromatic heterocycles. The smallest absolute Gasteiger partial charge is 0.235 e. The Balaban J connectivity index is 1.81. The van der Waals surface area contributed by atoms with E-state index in [1.54, 1.807) is 11.8 Å². The Labute approximate surface area is 102 Å². The molecule has 4 nitrogen and oxygen atoms in total. The fourth-order valence-electron chi connectivity index (χ4n) is 2.08. The first-order valence-corrected chi connectivity index (χ1v) is 6.94. The van der Waals surface area contributed by atoms with Crippen molar-refractivity contribution >= 4 is 17.7 Å². The number of amides is 1. The number of hydrogen-bond donors (Lipinski definition) is 2. The van der Waals surface area contributed by atoms with E-state index >= 15 is 0 Å². The van der Waals surface area contributed by atoms with Crippen molar-refractivity contribution in [3.05, 3.63) is 0 Å². The predicted octanol–water partition coefficient (Wildman–Crippen LogP) is -0.0982. The fourth-order valence-corrected chi connectivity index (χ4v) is 3.08. The van der Waals surface area contributed by atoms with Gasteiger partial charge in [0.05, 0.1) is 10.8 Å². The quantitative estimate of drug-likeness (QED) is 0.711. The lowest BCUT2D eigenvalue weighted by Crippen LogP contribution is -2.57. The third-order valence-electron chi connectivity index (χ3n) is 3.22. The van der Waals surface area contributed by atoms with Gasteiger partial charge in [-0.05, 0) is 13.8 Å². The summed E-state index contributed by atoms with van der Waals surface area (Å²) in [6.45, 7) is 9.32. The van der Waals surface area contributed by atoms with E-state index in [2.05, 4.69) is 15.5 Å². The van der Waals surface area contributed by atoms with Crippen LogP contribution in [0.1, 0.15) is 13.8 Å². The van der Waals surface area contributed by atoms with E-state index < -0.39 is 0 Å². The number of nitrogens with zero attached hydrogens (tertiary/aromatic N) is 1. The van der Waals surface area contributed by atoms with Crippen LogP contribution >= 0.6 is 11.8 Å². The van der Waals surface area contributed by atoms with Gasteiger partial charge in [0.1, 0.15) is 0 Å². The number of carbonyl (C=O) groups is 1. The van der Waals surface area contributed by atoms with Crippen molar-refractivity contribution < 1.29 is 4.79 Å². The van der Waals surface area contributed by atoms with Crippen LogP contribution in [0.25, 0.3) is 0 Å². The molecule has 2 saturated heterocycles. The molecule has 16 heavy (non-hydrogen) atoms. The molecular weight excluding hydrogens is 222 g/mol. The van der Waals surface area contributed by atoms with Gasteiger partial charge in [-0.15, -0.1) is 11.8 Å². The van der Waals surface area contributed by atoms with Crippen LogP contribution in [0, 0.1) is 0 Å². The summed E-state index contributed by atoms with van der Waals surface area (Å²) < 4.78 is -0.250. The number of carbonyl (C=O) groups excluding carboxylic acids is 1. The maximum Gasteiger partial charge on any atom is 0.235 e. The molecule has 92 valence electrons. The van der Waals surface area contributed by atoms with E-state index in [9.17, 15) is 4.79 Å². The highest BCUT2D eigenvalue weighted by atomic mass is 32.2. The maximum atomic E-state index is 11.8. The Morgan fingerprint density at radius 3 is 2.75 bits per heavy atom. The van der Waals surface area contributed by atoms with Crippen LogP contribution in [0.3, 0.4) is 0 Å². The highest BCUT2D eigenvalue weighted by molar-refractivity contribution is 8.01. The topological polar surface area (TPSA) is 44.4 Å². The van der Waals surface area contributed by atoms with Crippen LogP contribution < -0.4 is 10.6 Å². The van der Waals surface area contributed by atoms with Crippen molar-refractivity contribution in [1.29, 1.82) is 0 Å². The molecule has 0 radical (unpaired) electrons. The molecule has 1 unspecified atom stereocenters. The van der Waals surface area contributed by atoms with Crippen LogP contribution in [0.2, 0.25) is 0 Å². The minimum Gasteiger partial charge on any atom is -0.350 e. The molecule has 0 spiro atoms. The second-order valence-corrected chi connectivity index (χ2v) is 6.68. The minimum absolute atomic E-state index is 0.184. The van der Waals surface area contributed by atoms with Gasteiger partial charge in [-0.1, -0.05) is 0 Å². The van der Waals surface area contributed by atoms with Crippen molar-refractivity contribution in [2.24, 2.45) is 0 Å². The minimum atomic E-state index is -0.250. The van der Waals surface area contributed by atoms with Crippen molar-refractivity contribution in [1.82, 2.24) is 15.5 Å².